The molecule has 2 rings (SSSR count). The molecule has 2 aromatic heterocycles. The monoisotopic (exact) mass is 234 g/mol. The number of aromatic nitrogens is 4. The maximum Gasteiger partial charge on any atom is 0.203 e. The molecule has 1 unspecified atom stereocenters. The van der Waals surface area contributed by atoms with Crippen LogP contribution in [0.5, 0.6) is 0 Å². The van der Waals surface area contributed by atoms with Crippen molar-refractivity contribution in [3.8, 4) is 0 Å². The van der Waals surface area contributed by atoms with E-state index in [-0.39, 0.29) is 0 Å². The van der Waals surface area contributed by atoms with Gasteiger partial charge in [0.15, 0.2) is 5.82 Å². The van der Waals surface area contributed by atoms with Gasteiger partial charge >= 0.3 is 0 Å². The zero-order chi connectivity index (χ0) is 12.3. The van der Waals surface area contributed by atoms with Crippen molar-refractivity contribution in [1.29, 1.82) is 0 Å². The highest BCUT2D eigenvalue weighted by Crippen LogP contribution is 2.14. The van der Waals surface area contributed by atoms with Gasteiger partial charge in [-0.2, -0.15) is 0 Å². The van der Waals surface area contributed by atoms with E-state index in [4.69, 9.17) is 5.73 Å². The fraction of sp³-hybridized carbons (Fsp3) is 0.545. The molecule has 0 amide bonds. The van der Waals surface area contributed by atoms with Gasteiger partial charge in [0.05, 0.1) is 0 Å². The molecule has 17 heavy (non-hydrogen) atoms. The van der Waals surface area contributed by atoms with Gasteiger partial charge in [-0.1, -0.05) is 0 Å². The van der Waals surface area contributed by atoms with Crippen molar-refractivity contribution in [2.24, 2.45) is 5.73 Å². The van der Waals surface area contributed by atoms with Crippen molar-refractivity contribution in [3.05, 3.63) is 18.2 Å². The predicted octanol–water partition coefficient (Wildman–Crippen LogP) is 0.972. The molecule has 0 saturated carbocycles. The number of nitrogens with zero attached hydrogens (tertiary/aromatic N) is 4. The smallest absolute Gasteiger partial charge is 0.203 e. The van der Waals surface area contributed by atoms with Crippen molar-refractivity contribution < 1.29 is 0 Å². The van der Waals surface area contributed by atoms with Crippen LogP contribution in [0.25, 0.3) is 5.65 Å². The number of nitrogens with two attached hydrogens (primary N) is 1. The summed E-state index contributed by atoms with van der Waals surface area (Å²) in [6.07, 6.45) is 5.64. The summed E-state index contributed by atoms with van der Waals surface area (Å²) in [5, 5.41) is 11.5. The summed E-state index contributed by atoms with van der Waals surface area (Å²) in [5.41, 5.74) is 6.26. The Morgan fingerprint density at radius 2 is 2.29 bits per heavy atom. The first-order chi connectivity index (χ1) is 8.22. The van der Waals surface area contributed by atoms with Crippen LogP contribution in [0.1, 0.15) is 25.6 Å². The Balaban J connectivity index is 2.18. The Kier molecular flexibility index (Phi) is 3.53. The molecule has 0 fully saturated rings. The van der Waals surface area contributed by atoms with Crippen LogP contribution >= 0.6 is 0 Å². The van der Waals surface area contributed by atoms with Crippen LogP contribution in [0.4, 0.5) is 5.82 Å². The second-order valence-electron chi connectivity index (χ2n) is 4.19. The first-order valence-corrected chi connectivity index (χ1v) is 5.85. The zero-order valence-corrected chi connectivity index (χ0v) is 10.2. The van der Waals surface area contributed by atoms with Crippen molar-refractivity contribution in [2.45, 2.75) is 32.7 Å². The number of hydrogen-bond donors (Lipinski definition) is 2. The maximum absolute atomic E-state index is 5.49. The van der Waals surface area contributed by atoms with Gasteiger partial charge in [-0.3, -0.25) is 4.40 Å². The molecule has 1 atom stereocenters. The molecule has 0 aliphatic carbocycles. The average Bonchev–Trinajstić information content (AvgIpc) is 2.70. The third kappa shape index (κ3) is 2.52. The van der Waals surface area contributed by atoms with E-state index >= 15 is 0 Å². The molecular weight excluding hydrogens is 216 g/mol. The predicted molar refractivity (Wildman–Crippen MR) is 66.9 cm³/mol. The Hall–Kier alpha value is -1.69. The van der Waals surface area contributed by atoms with Crippen LogP contribution in [-0.2, 0) is 0 Å². The summed E-state index contributed by atoms with van der Waals surface area (Å²) in [7, 11) is 0. The Morgan fingerprint density at radius 3 is 3.06 bits per heavy atom. The number of hydrogen-bond acceptors (Lipinski definition) is 5. The molecule has 0 aliphatic rings. The first-order valence-electron chi connectivity index (χ1n) is 5.85. The molecule has 6 nitrogen and oxygen atoms in total. The summed E-state index contributed by atoms with van der Waals surface area (Å²) < 4.78 is 1.92. The number of aryl methyl sites for hydroxylation is 1. The van der Waals surface area contributed by atoms with E-state index in [0.717, 1.165) is 30.1 Å². The Bertz CT molecular complexity index is 492. The van der Waals surface area contributed by atoms with Gasteiger partial charge in [-0.15, -0.1) is 10.2 Å². The molecule has 0 aliphatic heterocycles. The van der Waals surface area contributed by atoms with Gasteiger partial charge in [-0.05, 0) is 33.2 Å². The third-order valence-corrected chi connectivity index (χ3v) is 2.72. The van der Waals surface area contributed by atoms with Crippen molar-refractivity contribution >= 4 is 11.5 Å². The molecule has 3 N–H and O–H groups in total. The fourth-order valence-corrected chi connectivity index (χ4v) is 1.77. The molecule has 6 heteroatoms. The molecule has 0 spiro atoms. The van der Waals surface area contributed by atoms with E-state index in [2.05, 4.69) is 27.4 Å². The highest BCUT2D eigenvalue weighted by Gasteiger charge is 2.09. The largest absolute Gasteiger partial charge is 0.364 e. The second-order valence-corrected chi connectivity index (χ2v) is 4.19. The second kappa shape index (κ2) is 5.09. The number of nitrogens with one attached hydrogen (secondary N) is 1. The highest BCUT2D eigenvalue weighted by molar-refractivity contribution is 5.62. The van der Waals surface area contributed by atoms with E-state index in [1.165, 1.54) is 0 Å². The van der Waals surface area contributed by atoms with Crippen LogP contribution in [0, 0.1) is 6.92 Å². The molecule has 0 bridgehead atoms. The molecular formula is C11H18N6. The summed E-state index contributed by atoms with van der Waals surface area (Å²) in [4.78, 5) is 4.30. The Labute approximate surface area is 100 Å². The lowest BCUT2D eigenvalue weighted by molar-refractivity contribution is 0.661. The number of anilines is 1. The van der Waals surface area contributed by atoms with Crippen LogP contribution in [0.15, 0.2) is 12.4 Å². The summed E-state index contributed by atoms with van der Waals surface area (Å²) in [6.45, 7) is 4.75. The lowest BCUT2D eigenvalue weighted by Crippen LogP contribution is -2.18. The molecule has 92 valence electrons. The fourth-order valence-electron chi connectivity index (χ4n) is 1.77. The van der Waals surface area contributed by atoms with Crippen LogP contribution in [-0.4, -0.2) is 32.2 Å². The highest BCUT2D eigenvalue weighted by atomic mass is 15.3. The quantitative estimate of drug-likeness (QED) is 0.805. The van der Waals surface area contributed by atoms with E-state index in [0.29, 0.717) is 12.6 Å². The van der Waals surface area contributed by atoms with Gasteiger partial charge < -0.3 is 11.1 Å². The van der Waals surface area contributed by atoms with Gasteiger partial charge in [0.25, 0.3) is 0 Å². The van der Waals surface area contributed by atoms with Crippen LogP contribution in [0.3, 0.4) is 0 Å². The maximum atomic E-state index is 5.49. The zero-order valence-electron chi connectivity index (χ0n) is 10.2. The summed E-state index contributed by atoms with van der Waals surface area (Å²) >= 11 is 0. The van der Waals surface area contributed by atoms with Gasteiger partial charge in [0.1, 0.15) is 5.82 Å². The van der Waals surface area contributed by atoms with Crippen LogP contribution < -0.4 is 11.1 Å². The minimum absolute atomic E-state index is 0.328. The first kappa shape index (κ1) is 11.8. The molecule has 0 aromatic carbocycles. The lowest BCUT2D eigenvalue weighted by Gasteiger charge is -2.13. The van der Waals surface area contributed by atoms with Crippen molar-refractivity contribution in [3.63, 3.8) is 0 Å². The summed E-state index contributed by atoms with van der Waals surface area (Å²) in [6, 6.07) is 0.328. The minimum Gasteiger partial charge on any atom is -0.364 e. The third-order valence-electron chi connectivity index (χ3n) is 2.72. The van der Waals surface area contributed by atoms with E-state index in [1.54, 1.807) is 6.20 Å². The van der Waals surface area contributed by atoms with Gasteiger partial charge in [-0.25, -0.2) is 4.98 Å². The lowest BCUT2D eigenvalue weighted by atomic mass is 10.2. The molecule has 0 radical (unpaired) electrons. The van der Waals surface area contributed by atoms with E-state index in [1.807, 2.05) is 17.5 Å². The van der Waals surface area contributed by atoms with Crippen LogP contribution in [0.2, 0.25) is 0 Å². The number of rotatable bonds is 5. The topological polar surface area (TPSA) is 81.1 Å². The summed E-state index contributed by atoms with van der Waals surface area (Å²) in [5.74, 6) is 1.64. The Morgan fingerprint density at radius 1 is 1.47 bits per heavy atom. The van der Waals surface area contributed by atoms with E-state index in [9.17, 15) is 0 Å². The molecule has 0 saturated heterocycles. The van der Waals surface area contributed by atoms with Crippen molar-refractivity contribution in [2.75, 3.05) is 11.9 Å². The van der Waals surface area contributed by atoms with Gasteiger partial charge in [0, 0.05) is 18.4 Å². The standard InChI is InChI=1S/C11H18N6/c1-8(4-3-5-12)14-10-11-16-15-9(2)17(11)7-6-13-10/h6-8H,3-5,12H2,1-2H3,(H,13,14). The molecule has 2 aromatic rings. The SMILES string of the molecule is Cc1nnc2c(NC(C)CCCN)nccn12. The van der Waals surface area contributed by atoms with Crippen molar-refractivity contribution in [1.82, 2.24) is 19.6 Å². The van der Waals surface area contributed by atoms with Gasteiger partial charge in [0.2, 0.25) is 5.65 Å². The van der Waals surface area contributed by atoms with E-state index < -0.39 is 0 Å². The normalized spacial score (nSPS) is 12.9. The number of fused-ring (bicyclic) bond motifs is 1. The molecule has 2 heterocycles. The minimum atomic E-state index is 0.328. The average molecular weight is 234 g/mol.